The number of rotatable bonds is 8. The fourth-order valence-corrected chi connectivity index (χ4v) is 2.26. The Kier molecular flexibility index (Phi) is 6.93. The molecular weight excluding hydrogens is 234 g/mol. The lowest BCUT2D eigenvalue weighted by Gasteiger charge is -2.25. The highest BCUT2D eigenvalue weighted by atomic mass is 16.5. The van der Waals surface area contributed by atoms with E-state index in [1.165, 1.54) is 12.0 Å². The molecule has 0 amide bonds. The van der Waals surface area contributed by atoms with Crippen LogP contribution < -0.4 is 10.1 Å². The van der Waals surface area contributed by atoms with E-state index in [1.807, 2.05) is 0 Å². The molecule has 0 saturated heterocycles. The van der Waals surface area contributed by atoms with Gasteiger partial charge < -0.3 is 10.1 Å². The van der Waals surface area contributed by atoms with Gasteiger partial charge in [-0.2, -0.15) is 0 Å². The number of nitrogens with one attached hydrogen (secondary N) is 1. The summed E-state index contributed by atoms with van der Waals surface area (Å²) in [4.78, 5) is 0. The summed E-state index contributed by atoms with van der Waals surface area (Å²) in [6, 6.07) is 9.03. The van der Waals surface area contributed by atoms with Crippen LogP contribution in [0.4, 0.5) is 0 Å². The Morgan fingerprint density at radius 2 is 1.74 bits per heavy atom. The summed E-state index contributed by atoms with van der Waals surface area (Å²) < 4.78 is 5.21. The van der Waals surface area contributed by atoms with Crippen LogP contribution in [0, 0.1) is 11.8 Å². The van der Waals surface area contributed by atoms with E-state index in [0.29, 0.717) is 12.0 Å². The van der Waals surface area contributed by atoms with Gasteiger partial charge in [-0.3, -0.25) is 0 Å². The molecule has 0 saturated carbocycles. The standard InChI is InChI=1S/C17H29NO/c1-6-14(4)16(12-18-13(2)3)11-15-7-9-17(19-5)10-8-15/h7-10,13-14,16,18H,6,11-12H2,1-5H3. The zero-order valence-corrected chi connectivity index (χ0v) is 13.1. The van der Waals surface area contributed by atoms with Crippen molar-refractivity contribution in [2.75, 3.05) is 13.7 Å². The molecule has 0 aliphatic carbocycles. The van der Waals surface area contributed by atoms with E-state index in [1.54, 1.807) is 7.11 Å². The van der Waals surface area contributed by atoms with Gasteiger partial charge in [0.2, 0.25) is 0 Å². The number of methoxy groups -OCH3 is 1. The third-order valence-corrected chi connectivity index (χ3v) is 3.89. The van der Waals surface area contributed by atoms with E-state index < -0.39 is 0 Å². The Hall–Kier alpha value is -1.02. The minimum absolute atomic E-state index is 0.558. The van der Waals surface area contributed by atoms with Crippen LogP contribution in [-0.2, 0) is 6.42 Å². The molecule has 0 radical (unpaired) electrons. The molecular formula is C17H29NO. The van der Waals surface area contributed by atoms with Gasteiger partial charge in [0, 0.05) is 6.04 Å². The average molecular weight is 263 g/mol. The van der Waals surface area contributed by atoms with Crippen LogP contribution in [0.25, 0.3) is 0 Å². The van der Waals surface area contributed by atoms with Gasteiger partial charge in [-0.05, 0) is 42.5 Å². The van der Waals surface area contributed by atoms with E-state index in [2.05, 4.69) is 57.3 Å². The van der Waals surface area contributed by atoms with Crippen molar-refractivity contribution in [2.45, 2.75) is 46.6 Å². The molecule has 0 bridgehead atoms. The fourth-order valence-electron chi connectivity index (χ4n) is 2.26. The van der Waals surface area contributed by atoms with E-state index in [0.717, 1.165) is 24.6 Å². The molecule has 1 N–H and O–H groups in total. The van der Waals surface area contributed by atoms with Gasteiger partial charge in [-0.25, -0.2) is 0 Å². The van der Waals surface area contributed by atoms with Gasteiger partial charge in [-0.1, -0.05) is 46.2 Å². The summed E-state index contributed by atoms with van der Waals surface area (Å²) in [5.74, 6) is 2.37. The van der Waals surface area contributed by atoms with Crippen molar-refractivity contribution in [1.29, 1.82) is 0 Å². The monoisotopic (exact) mass is 263 g/mol. The molecule has 2 atom stereocenters. The molecule has 0 aliphatic rings. The van der Waals surface area contributed by atoms with Crippen molar-refractivity contribution in [1.82, 2.24) is 5.32 Å². The quantitative estimate of drug-likeness (QED) is 0.768. The third kappa shape index (κ3) is 5.65. The second kappa shape index (κ2) is 8.21. The zero-order chi connectivity index (χ0) is 14.3. The largest absolute Gasteiger partial charge is 0.497 e. The lowest BCUT2D eigenvalue weighted by molar-refractivity contribution is 0.320. The summed E-state index contributed by atoms with van der Waals surface area (Å²) in [7, 11) is 1.71. The highest BCUT2D eigenvalue weighted by Gasteiger charge is 2.16. The van der Waals surface area contributed by atoms with Crippen molar-refractivity contribution in [3.63, 3.8) is 0 Å². The second-order valence-corrected chi connectivity index (χ2v) is 5.76. The van der Waals surface area contributed by atoms with Crippen molar-refractivity contribution >= 4 is 0 Å². The summed E-state index contributed by atoms with van der Waals surface area (Å²) in [6.07, 6.45) is 2.37. The maximum atomic E-state index is 5.21. The van der Waals surface area contributed by atoms with Crippen LogP contribution in [0.15, 0.2) is 24.3 Å². The van der Waals surface area contributed by atoms with Crippen LogP contribution in [-0.4, -0.2) is 19.7 Å². The number of hydrogen-bond donors (Lipinski definition) is 1. The molecule has 0 aliphatic heterocycles. The Balaban J connectivity index is 2.64. The maximum Gasteiger partial charge on any atom is 0.118 e. The maximum absolute atomic E-state index is 5.21. The fraction of sp³-hybridized carbons (Fsp3) is 0.647. The molecule has 1 rings (SSSR count). The predicted octanol–water partition coefficient (Wildman–Crippen LogP) is 3.90. The van der Waals surface area contributed by atoms with Gasteiger partial charge >= 0.3 is 0 Å². The lowest BCUT2D eigenvalue weighted by Crippen LogP contribution is -2.32. The van der Waals surface area contributed by atoms with Crippen LogP contribution >= 0.6 is 0 Å². The molecule has 19 heavy (non-hydrogen) atoms. The van der Waals surface area contributed by atoms with E-state index >= 15 is 0 Å². The summed E-state index contributed by atoms with van der Waals surface area (Å²) in [6.45, 7) is 10.2. The van der Waals surface area contributed by atoms with E-state index in [-0.39, 0.29) is 0 Å². The predicted molar refractivity (Wildman–Crippen MR) is 82.8 cm³/mol. The first-order chi connectivity index (χ1) is 9.06. The minimum atomic E-state index is 0.558. The van der Waals surface area contributed by atoms with Crippen molar-refractivity contribution in [2.24, 2.45) is 11.8 Å². The molecule has 2 nitrogen and oxygen atoms in total. The summed E-state index contributed by atoms with van der Waals surface area (Å²) in [5, 5.41) is 3.58. The van der Waals surface area contributed by atoms with Crippen LogP contribution in [0.1, 0.15) is 39.7 Å². The Bertz CT molecular complexity index is 345. The molecule has 0 fully saturated rings. The Labute approximate surface area is 118 Å². The van der Waals surface area contributed by atoms with Gasteiger partial charge in [0.15, 0.2) is 0 Å². The molecule has 1 aromatic carbocycles. The van der Waals surface area contributed by atoms with Gasteiger partial charge in [0.1, 0.15) is 5.75 Å². The zero-order valence-electron chi connectivity index (χ0n) is 13.1. The van der Waals surface area contributed by atoms with Gasteiger partial charge in [0.05, 0.1) is 7.11 Å². The second-order valence-electron chi connectivity index (χ2n) is 5.76. The summed E-state index contributed by atoms with van der Waals surface area (Å²) >= 11 is 0. The summed E-state index contributed by atoms with van der Waals surface area (Å²) in [5.41, 5.74) is 1.40. The third-order valence-electron chi connectivity index (χ3n) is 3.89. The van der Waals surface area contributed by atoms with Crippen LogP contribution in [0.2, 0.25) is 0 Å². The highest BCUT2D eigenvalue weighted by Crippen LogP contribution is 2.21. The van der Waals surface area contributed by atoms with E-state index in [9.17, 15) is 0 Å². The van der Waals surface area contributed by atoms with Crippen molar-refractivity contribution < 1.29 is 4.74 Å². The number of benzene rings is 1. The molecule has 2 heteroatoms. The first kappa shape index (κ1) is 16.0. The average Bonchev–Trinajstić information content (AvgIpc) is 2.43. The molecule has 2 unspecified atom stereocenters. The first-order valence-electron chi connectivity index (χ1n) is 7.43. The lowest BCUT2D eigenvalue weighted by atomic mass is 9.86. The Morgan fingerprint density at radius 1 is 1.11 bits per heavy atom. The first-order valence-corrected chi connectivity index (χ1v) is 7.43. The van der Waals surface area contributed by atoms with Crippen LogP contribution in [0.5, 0.6) is 5.75 Å². The van der Waals surface area contributed by atoms with E-state index in [4.69, 9.17) is 4.74 Å². The highest BCUT2D eigenvalue weighted by molar-refractivity contribution is 5.27. The smallest absolute Gasteiger partial charge is 0.118 e. The molecule has 0 aromatic heterocycles. The van der Waals surface area contributed by atoms with Crippen LogP contribution in [0.3, 0.4) is 0 Å². The molecule has 0 heterocycles. The van der Waals surface area contributed by atoms with Gasteiger partial charge in [0.25, 0.3) is 0 Å². The SMILES string of the molecule is CCC(C)C(CNC(C)C)Cc1ccc(OC)cc1. The molecule has 1 aromatic rings. The normalized spacial score (nSPS) is 14.4. The molecule has 0 spiro atoms. The van der Waals surface area contributed by atoms with Crippen molar-refractivity contribution in [3.05, 3.63) is 29.8 Å². The Morgan fingerprint density at radius 3 is 2.21 bits per heavy atom. The van der Waals surface area contributed by atoms with Gasteiger partial charge in [-0.15, -0.1) is 0 Å². The number of hydrogen-bond acceptors (Lipinski definition) is 2. The number of ether oxygens (including phenoxy) is 1. The minimum Gasteiger partial charge on any atom is -0.497 e. The van der Waals surface area contributed by atoms with Crippen molar-refractivity contribution in [3.8, 4) is 5.75 Å². The topological polar surface area (TPSA) is 21.3 Å². The molecule has 108 valence electrons.